The van der Waals surface area contributed by atoms with Crippen molar-refractivity contribution in [3.05, 3.63) is 67.0 Å². The zero-order chi connectivity index (χ0) is 14.1. The van der Waals surface area contributed by atoms with Gasteiger partial charge in [-0.15, -0.1) is 10.2 Å². The molecule has 0 unspecified atom stereocenters. The molecular weight excluding hydrogens is 262 g/mol. The van der Waals surface area contributed by atoms with Gasteiger partial charge in [0.05, 0.1) is 5.56 Å². The molecule has 100 valence electrons. The van der Waals surface area contributed by atoms with Crippen LogP contribution in [0.5, 0.6) is 0 Å². The van der Waals surface area contributed by atoms with Gasteiger partial charge in [-0.3, -0.25) is 4.98 Å². The van der Waals surface area contributed by atoms with Crippen LogP contribution in [0, 0.1) is 0 Å². The summed E-state index contributed by atoms with van der Waals surface area (Å²) in [6, 6.07) is 18.0. The van der Waals surface area contributed by atoms with Crippen LogP contribution in [-0.2, 0) is 0 Å². The van der Waals surface area contributed by atoms with Crippen LogP contribution in [0.1, 0.15) is 0 Å². The third kappa shape index (κ3) is 2.17. The number of nitrogens with zero attached hydrogens (tertiary/aromatic N) is 3. The van der Waals surface area contributed by atoms with Crippen LogP contribution < -0.4 is 0 Å². The summed E-state index contributed by atoms with van der Waals surface area (Å²) in [5.41, 5.74) is 1.73. The van der Waals surface area contributed by atoms with Crippen LogP contribution in [0.2, 0.25) is 0 Å². The quantitative estimate of drug-likeness (QED) is 0.555. The summed E-state index contributed by atoms with van der Waals surface area (Å²) in [4.78, 5) is 4.06. The number of hydrogen-bond donors (Lipinski definition) is 0. The Kier molecular flexibility index (Phi) is 2.71. The predicted molar refractivity (Wildman–Crippen MR) is 80.5 cm³/mol. The lowest BCUT2D eigenvalue weighted by atomic mass is 10.1. The topological polar surface area (TPSA) is 51.8 Å². The van der Waals surface area contributed by atoms with Gasteiger partial charge in [0.2, 0.25) is 11.8 Å². The largest absolute Gasteiger partial charge is 0.416 e. The fourth-order valence-corrected chi connectivity index (χ4v) is 2.27. The van der Waals surface area contributed by atoms with Gasteiger partial charge in [0.25, 0.3) is 0 Å². The van der Waals surface area contributed by atoms with E-state index in [1.807, 2.05) is 30.3 Å². The normalized spacial score (nSPS) is 10.9. The van der Waals surface area contributed by atoms with Crippen LogP contribution in [-0.4, -0.2) is 15.2 Å². The van der Waals surface area contributed by atoms with Crippen molar-refractivity contribution in [1.82, 2.24) is 15.2 Å². The van der Waals surface area contributed by atoms with Crippen molar-refractivity contribution < 1.29 is 4.42 Å². The monoisotopic (exact) mass is 273 g/mol. The highest BCUT2D eigenvalue weighted by atomic mass is 16.4. The van der Waals surface area contributed by atoms with Gasteiger partial charge in [-0.1, -0.05) is 30.3 Å². The molecule has 0 N–H and O–H groups in total. The number of rotatable bonds is 2. The van der Waals surface area contributed by atoms with E-state index in [1.165, 1.54) is 5.39 Å². The van der Waals surface area contributed by atoms with Crippen molar-refractivity contribution >= 4 is 10.8 Å². The summed E-state index contributed by atoms with van der Waals surface area (Å²) in [7, 11) is 0. The van der Waals surface area contributed by atoms with E-state index >= 15 is 0 Å². The molecule has 0 aliphatic rings. The Bertz CT molecular complexity index is 900. The molecule has 0 saturated heterocycles. The molecule has 2 aromatic heterocycles. The molecule has 0 spiro atoms. The highest BCUT2D eigenvalue weighted by Crippen LogP contribution is 2.26. The zero-order valence-electron chi connectivity index (χ0n) is 11.1. The maximum Gasteiger partial charge on any atom is 0.249 e. The van der Waals surface area contributed by atoms with Crippen molar-refractivity contribution in [2.24, 2.45) is 0 Å². The van der Waals surface area contributed by atoms with Crippen molar-refractivity contribution in [3.8, 4) is 22.9 Å². The lowest BCUT2D eigenvalue weighted by molar-refractivity contribution is 0.584. The molecule has 0 radical (unpaired) electrons. The minimum atomic E-state index is 0.478. The van der Waals surface area contributed by atoms with E-state index in [4.69, 9.17) is 4.42 Å². The first kappa shape index (κ1) is 11.8. The van der Waals surface area contributed by atoms with Gasteiger partial charge in [0.1, 0.15) is 0 Å². The summed E-state index contributed by atoms with van der Waals surface area (Å²) in [6.45, 7) is 0. The minimum absolute atomic E-state index is 0.478. The minimum Gasteiger partial charge on any atom is -0.416 e. The second-order valence-electron chi connectivity index (χ2n) is 4.72. The molecule has 0 fully saturated rings. The fourth-order valence-electron chi connectivity index (χ4n) is 2.27. The zero-order valence-corrected chi connectivity index (χ0v) is 11.1. The number of benzene rings is 2. The van der Waals surface area contributed by atoms with Gasteiger partial charge in [-0.2, -0.15) is 0 Å². The molecule has 0 atom stereocenters. The highest BCUT2D eigenvalue weighted by Gasteiger charge is 2.10. The Morgan fingerprint density at radius 3 is 2.33 bits per heavy atom. The summed E-state index contributed by atoms with van der Waals surface area (Å²) in [5, 5.41) is 10.5. The van der Waals surface area contributed by atoms with Gasteiger partial charge < -0.3 is 4.42 Å². The standard InChI is InChI=1S/C17H11N3O/c1-2-5-13-10-14(8-7-12(13)4-1)16-19-20-17(21-16)15-6-3-9-18-11-15/h1-11H. The Balaban J connectivity index is 1.77. The second kappa shape index (κ2) is 4.83. The van der Waals surface area contributed by atoms with Crippen molar-refractivity contribution in [3.63, 3.8) is 0 Å². The average Bonchev–Trinajstić information content (AvgIpc) is 3.05. The van der Waals surface area contributed by atoms with Crippen LogP contribution in [0.3, 0.4) is 0 Å². The predicted octanol–water partition coefficient (Wildman–Crippen LogP) is 3.95. The molecule has 0 amide bonds. The van der Waals surface area contributed by atoms with E-state index in [9.17, 15) is 0 Å². The first-order chi connectivity index (χ1) is 10.4. The third-order valence-electron chi connectivity index (χ3n) is 3.33. The summed E-state index contributed by atoms with van der Waals surface area (Å²) < 4.78 is 5.74. The molecule has 0 bridgehead atoms. The lowest BCUT2D eigenvalue weighted by Crippen LogP contribution is -1.79. The molecule has 0 aliphatic carbocycles. The smallest absolute Gasteiger partial charge is 0.249 e. The number of hydrogen-bond acceptors (Lipinski definition) is 4. The molecular formula is C17H11N3O. The molecule has 2 aromatic carbocycles. The molecule has 4 nitrogen and oxygen atoms in total. The van der Waals surface area contributed by atoms with E-state index in [1.54, 1.807) is 12.4 Å². The van der Waals surface area contributed by atoms with E-state index in [2.05, 4.69) is 39.4 Å². The summed E-state index contributed by atoms with van der Waals surface area (Å²) in [6.07, 6.45) is 3.42. The Labute approximate surface area is 121 Å². The van der Waals surface area contributed by atoms with Crippen LogP contribution in [0.4, 0.5) is 0 Å². The maximum absolute atomic E-state index is 5.74. The van der Waals surface area contributed by atoms with E-state index in [0.717, 1.165) is 16.5 Å². The van der Waals surface area contributed by atoms with E-state index in [-0.39, 0.29) is 0 Å². The van der Waals surface area contributed by atoms with E-state index in [0.29, 0.717) is 11.8 Å². The molecule has 2 heterocycles. The van der Waals surface area contributed by atoms with Gasteiger partial charge in [-0.25, -0.2) is 0 Å². The van der Waals surface area contributed by atoms with Crippen molar-refractivity contribution in [2.75, 3.05) is 0 Å². The molecule has 4 rings (SSSR count). The molecule has 4 aromatic rings. The van der Waals surface area contributed by atoms with E-state index < -0.39 is 0 Å². The summed E-state index contributed by atoms with van der Waals surface area (Å²) >= 11 is 0. The van der Waals surface area contributed by atoms with Crippen molar-refractivity contribution in [2.45, 2.75) is 0 Å². The Morgan fingerprint density at radius 2 is 1.52 bits per heavy atom. The molecule has 21 heavy (non-hydrogen) atoms. The van der Waals surface area contributed by atoms with Gasteiger partial charge in [-0.05, 0) is 35.0 Å². The van der Waals surface area contributed by atoms with Crippen LogP contribution >= 0.6 is 0 Å². The third-order valence-corrected chi connectivity index (χ3v) is 3.33. The van der Waals surface area contributed by atoms with Gasteiger partial charge in [0.15, 0.2) is 0 Å². The highest BCUT2D eigenvalue weighted by molar-refractivity contribution is 5.86. The van der Waals surface area contributed by atoms with Crippen LogP contribution in [0.15, 0.2) is 71.4 Å². The number of fused-ring (bicyclic) bond motifs is 1. The van der Waals surface area contributed by atoms with Gasteiger partial charge in [0, 0.05) is 18.0 Å². The SMILES string of the molecule is c1cncc(-c2nnc(-c3ccc4ccccc4c3)o2)c1. The average molecular weight is 273 g/mol. The van der Waals surface area contributed by atoms with Gasteiger partial charge >= 0.3 is 0 Å². The summed E-state index contributed by atoms with van der Waals surface area (Å²) in [5.74, 6) is 0.992. The maximum atomic E-state index is 5.74. The first-order valence-corrected chi connectivity index (χ1v) is 6.63. The first-order valence-electron chi connectivity index (χ1n) is 6.63. The number of pyridine rings is 1. The molecule has 4 heteroatoms. The number of aromatic nitrogens is 3. The van der Waals surface area contributed by atoms with Crippen LogP contribution in [0.25, 0.3) is 33.7 Å². The fraction of sp³-hybridized carbons (Fsp3) is 0. The lowest BCUT2D eigenvalue weighted by Gasteiger charge is -1.99. The van der Waals surface area contributed by atoms with Crippen molar-refractivity contribution in [1.29, 1.82) is 0 Å². The Hall–Kier alpha value is -3.01. The molecule has 0 saturated carbocycles. The Morgan fingerprint density at radius 1 is 0.714 bits per heavy atom. The second-order valence-corrected chi connectivity index (χ2v) is 4.72. The molecule has 0 aliphatic heterocycles.